The first-order valence-corrected chi connectivity index (χ1v) is 10.6. The lowest BCUT2D eigenvalue weighted by Gasteiger charge is -2.27. The summed E-state index contributed by atoms with van der Waals surface area (Å²) in [4.78, 5) is 26.1. The Kier molecular flexibility index (Phi) is 6.62. The van der Waals surface area contributed by atoms with Crippen molar-refractivity contribution in [2.75, 3.05) is 13.4 Å². The molecule has 0 saturated carbocycles. The second-order valence-electron chi connectivity index (χ2n) is 6.77. The molecule has 0 radical (unpaired) electrons. The van der Waals surface area contributed by atoms with Crippen molar-refractivity contribution in [2.45, 2.75) is 43.2 Å². The molecule has 1 aliphatic rings. The Labute approximate surface area is 169 Å². The molecule has 0 fully saturated rings. The van der Waals surface area contributed by atoms with Crippen molar-refractivity contribution in [1.82, 2.24) is 5.32 Å². The number of fused-ring (bicyclic) bond motifs is 1. The topological polar surface area (TPSA) is 64.6 Å². The fourth-order valence-corrected chi connectivity index (χ4v) is 3.87. The van der Waals surface area contributed by atoms with Gasteiger partial charge in [-0.05, 0) is 61.8 Å². The molecule has 0 unspecified atom stereocenters. The van der Waals surface area contributed by atoms with Gasteiger partial charge in [-0.1, -0.05) is 24.3 Å². The van der Waals surface area contributed by atoms with E-state index < -0.39 is 12.1 Å². The van der Waals surface area contributed by atoms with E-state index in [-0.39, 0.29) is 11.9 Å². The Morgan fingerprint density at radius 1 is 1.21 bits per heavy atom. The quantitative estimate of drug-likeness (QED) is 0.584. The van der Waals surface area contributed by atoms with Gasteiger partial charge in [0.05, 0.1) is 13.2 Å². The molecule has 0 saturated heterocycles. The zero-order valence-electron chi connectivity index (χ0n) is 16.4. The zero-order chi connectivity index (χ0) is 20.1. The molecule has 2 aromatic carbocycles. The minimum Gasteiger partial charge on any atom is -0.496 e. The Balaban J connectivity index is 1.66. The molecule has 0 heterocycles. The highest BCUT2D eigenvalue weighted by Gasteiger charge is 2.26. The molecule has 0 spiro atoms. The van der Waals surface area contributed by atoms with Crippen LogP contribution in [-0.2, 0) is 16.0 Å². The van der Waals surface area contributed by atoms with Crippen LogP contribution in [0.1, 0.15) is 47.3 Å². The van der Waals surface area contributed by atoms with Crippen LogP contribution >= 0.6 is 11.8 Å². The summed E-state index contributed by atoms with van der Waals surface area (Å²) >= 11 is 1.56. The van der Waals surface area contributed by atoms with E-state index in [0.717, 1.165) is 29.7 Å². The van der Waals surface area contributed by atoms with Gasteiger partial charge >= 0.3 is 5.97 Å². The Hall–Kier alpha value is -2.47. The van der Waals surface area contributed by atoms with Gasteiger partial charge in [0.1, 0.15) is 11.3 Å². The van der Waals surface area contributed by atoms with E-state index in [4.69, 9.17) is 9.47 Å². The first kappa shape index (κ1) is 20.3. The van der Waals surface area contributed by atoms with Crippen LogP contribution < -0.4 is 10.1 Å². The molecule has 5 nitrogen and oxygen atoms in total. The Bertz CT molecular complexity index is 867. The lowest BCUT2D eigenvalue weighted by atomic mass is 9.87. The minimum atomic E-state index is -0.897. The van der Waals surface area contributed by atoms with E-state index in [2.05, 4.69) is 11.4 Å². The van der Waals surface area contributed by atoms with E-state index >= 15 is 0 Å². The maximum atomic E-state index is 12.6. The number of aryl methyl sites for hydroxylation is 1. The average molecular weight is 400 g/mol. The van der Waals surface area contributed by atoms with Crippen LogP contribution in [0, 0.1) is 0 Å². The third-order valence-electron chi connectivity index (χ3n) is 4.97. The highest BCUT2D eigenvalue weighted by Crippen LogP contribution is 2.30. The summed E-state index contributed by atoms with van der Waals surface area (Å²) in [6, 6.07) is 13.4. The van der Waals surface area contributed by atoms with E-state index in [1.807, 2.05) is 30.5 Å². The lowest BCUT2D eigenvalue weighted by Crippen LogP contribution is -2.39. The van der Waals surface area contributed by atoms with Crippen LogP contribution in [0.25, 0.3) is 0 Å². The lowest BCUT2D eigenvalue weighted by molar-refractivity contribution is -0.130. The number of nitrogens with one attached hydrogen (secondary N) is 1. The number of methoxy groups -OCH3 is 1. The first-order valence-electron chi connectivity index (χ1n) is 9.34. The van der Waals surface area contributed by atoms with Crippen molar-refractivity contribution in [2.24, 2.45) is 0 Å². The SMILES string of the molecule is COc1cc(SC)ccc1C(=O)O[C@H](C)C(=O)N[C@H]1CCCc2ccccc21. The van der Waals surface area contributed by atoms with Gasteiger partial charge in [-0.25, -0.2) is 4.79 Å². The summed E-state index contributed by atoms with van der Waals surface area (Å²) in [5.74, 6) is -0.434. The van der Waals surface area contributed by atoms with Gasteiger partial charge in [0, 0.05) is 4.90 Å². The van der Waals surface area contributed by atoms with E-state index in [1.54, 1.807) is 30.8 Å². The largest absolute Gasteiger partial charge is 0.496 e. The van der Waals surface area contributed by atoms with Crippen LogP contribution in [0.5, 0.6) is 5.75 Å². The van der Waals surface area contributed by atoms with Crippen molar-refractivity contribution in [3.63, 3.8) is 0 Å². The molecular weight excluding hydrogens is 374 g/mol. The van der Waals surface area contributed by atoms with Gasteiger partial charge in [0.2, 0.25) is 0 Å². The molecular formula is C22H25NO4S. The van der Waals surface area contributed by atoms with Gasteiger partial charge in [-0.2, -0.15) is 0 Å². The molecule has 0 aromatic heterocycles. The molecule has 6 heteroatoms. The highest BCUT2D eigenvalue weighted by atomic mass is 32.2. The maximum Gasteiger partial charge on any atom is 0.342 e. The van der Waals surface area contributed by atoms with Gasteiger partial charge in [0.25, 0.3) is 5.91 Å². The summed E-state index contributed by atoms with van der Waals surface area (Å²) < 4.78 is 10.7. The average Bonchev–Trinajstić information content (AvgIpc) is 2.73. The Morgan fingerprint density at radius 2 is 2.00 bits per heavy atom. The van der Waals surface area contributed by atoms with Crippen LogP contribution in [0.2, 0.25) is 0 Å². The fourth-order valence-electron chi connectivity index (χ4n) is 3.44. The Morgan fingerprint density at radius 3 is 2.75 bits per heavy atom. The van der Waals surface area contributed by atoms with Crippen molar-refractivity contribution < 1.29 is 19.1 Å². The summed E-state index contributed by atoms with van der Waals surface area (Å²) in [6.45, 7) is 1.59. The minimum absolute atomic E-state index is 0.0472. The number of carbonyl (C=O) groups is 2. The number of esters is 1. The van der Waals surface area contributed by atoms with Gasteiger partial charge < -0.3 is 14.8 Å². The van der Waals surface area contributed by atoms with E-state index in [0.29, 0.717) is 11.3 Å². The van der Waals surface area contributed by atoms with Gasteiger partial charge in [-0.3, -0.25) is 4.79 Å². The predicted octanol–water partition coefficient (Wildman–Crippen LogP) is 4.16. The summed E-state index contributed by atoms with van der Waals surface area (Å²) in [6.07, 6.45) is 3.98. The van der Waals surface area contributed by atoms with Crippen molar-refractivity contribution in [3.05, 3.63) is 59.2 Å². The zero-order valence-corrected chi connectivity index (χ0v) is 17.2. The summed E-state index contributed by atoms with van der Waals surface area (Å²) in [7, 11) is 1.51. The number of amides is 1. The van der Waals surface area contributed by atoms with E-state index in [1.165, 1.54) is 12.7 Å². The number of ether oxygens (including phenoxy) is 2. The molecule has 3 rings (SSSR count). The van der Waals surface area contributed by atoms with Crippen LogP contribution in [0.4, 0.5) is 0 Å². The van der Waals surface area contributed by atoms with Crippen LogP contribution in [-0.4, -0.2) is 31.3 Å². The molecule has 1 N–H and O–H groups in total. The van der Waals surface area contributed by atoms with Gasteiger partial charge in [-0.15, -0.1) is 11.8 Å². The second-order valence-corrected chi connectivity index (χ2v) is 7.65. The second kappa shape index (κ2) is 9.15. The number of carbonyl (C=O) groups excluding carboxylic acids is 2. The van der Waals surface area contributed by atoms with Crippen molar-refractivity contribution in [1.29, 1.82) is 0 Å². The summed E-state index contributed by atoms with van der Waals surface area (Å²) in [5, 5.41) is 3.03. The van der Waals surface area contributed by atoms with Crippen molar-refractivity contribution >= 4 is 23.6 Å². The highest BCUT2D eigenvalue weighted by molar-refractivity contribution is 7.98. The molecule has 2 aromatic rings. The molecule has 0 aliphatic heterocycles. The number of hydrogen-bond acceptors (Lipinski definition) is 5. The van der Waals surface area contributed by atoms with Gasteiger partial charge in [0.15, 0.2) is 6.10 Å². The molecule has 2 atom stereocenters. The fraction of sp³-hybridized carbons (Fsp3) is 0.364. The number of rotatable bonds is 6. The smallest absolute Gasteiger partial charge is 0.342 e. The summed E-state index contributed by atoms with van der Waals surface area (Å²) in [5.41, 5.74) is 2.72. The molecule has 1 aliphatic carbocycles. The van der Waals surface area contributed by atoms with Crippen LogP contribution in [0.3, 0.4) is 0 Å². The maximum absolute atomic E-state index is 12.6. The number of benzene rings is 2. The molecule has 28 heavy (non-hydrogen) atoms. The molecule has 148 valence electrons. The third kappa shape index (κ3) is 4.50. The predicted molar refractivity (Wildman–Crippen MR) is 110 cm³/mol. The molecule has 1 amide bonds. The number of hydrogen-bond donors (Lipinski definition) is 1. The normalized spacial score (nSPS) is 16.6. The van der Waals surface area contributed by atoms with Crippen LogP contribution in [0.15, 0.2) is 47.4 Å². The monoisotopic (exact) mass is 399 g/mol. The first-order chi connectivity index (χ1) is 13.5. The van der Waals surface area contributed by atoms with E-state index in [9.17, 15) is 9.59 Å². The van der Waals surface area contributed by atoms with Crippen molar-refractivity contribution in [3.8, 4) is 5.75 Å². The molecule has 0 bridgehead atoms. The standard InChI is InChI=1S/C22H25NO4S/c1-14(27-22(25)18-12-11-16(28-3)13-20(18)26-2)21(24)23-19-10-6-8-15-7-4-5-9-17(15)19/h4-5,7,9,11-14,19H,6,8,10H2,1-3H3,(H,23,24)/t14-,19+/m1/s1. The number of thioether (sulfide) groups is 1. The third-order valence-corrected chi connectivity index (χ3v) is 5.69.